The molecule has 0 saturated heterocycles. The number of hydrogen-bond donors (Lipinski definition) is 1. The lowest BCUT2D eigenvalue weighted by atomic mass is 9.82. The average molecular weight is 424 g/mol. The lowest BCUT2D eigenvalue weighted by molar-refractivity contribution is 0.0601. The molecule has 0 unspecified atom stereocenters. The van der Waals surface area contributed by atoms with Crippen LogP contribution in [-0.2, 0) is 4.74 Å². The number of hydrogen-bond acceptors (Lipinski definition) is 6. The van der Waals surface area contributed by atoms with Crippen LogP contribution in [-0.4, -0.2) is 24.6 Å². The SMILES string of the molecule is COC(=O)c1cc(Sc2ccc(Cl)cc2)c2c(c1N)C(=O)c1ccccc1C2=O. The predicted octanol–water partition coefficient (Wildman–Crippen LogP) is 4.64. The number of nitrogen functional groups attached to an aromatic ring is 1. The number of benzene rings is 3. The third-order valence-electron chi connectivity index (χ3n) is 4.65. The topological polar surface area (TPSA) is 86.5 Å². The number of fused-ring (bicyclic) bond motifs is 2. The Bertz CT molecular complexity index is 1190. The second-order valence-electron chi connectivity index (χ2n) is 6.34. The third kappa shape index (κ3) is 3.20. The monoisotopic (exact) mass is 423 g/mol. The maximum atomic E-state index is 13.3. The molecular weight excluding hydrogens is 410 g/mol. The van der Waals surface area contributed by atoms with Crippen molar-refractivity contribution in [1.82, 2.24) is 0 Å². The van der Waals surface area contributed by atoms with Gasteiger partial charge in [0.1, 0.15) is 0 Å². The smallest absolute Gasteiger partial charge is 0.340 e. The second kappa shape index (κ2) is 7.39. The molecule has 0 fully saturated rings. The average Bonchev–Trinajstić information content (AvgIpc) is 2.74. The molecule has 4 rings (SSSR count). The molecule has 0 spiro atoms. The molecule has 3 aromatic carbocycles. The number of carbonyl (C=O) groups excluding carboxylic acids is 3. The Morgan fingerprint density at radius 1 is 0.966 bits per heavy atom. The van der Waals surface area contributed by atoms with Crippen LogP contribution in [0.15, 0.2) is 64.4 Å². The van der Waals surface area contributed by atoms with Crippen LogP contribution in [0.3, 0.4) is 0 Å². The number of carbonyl (C=O) groups is 3. The van der Waals surface area contributed by atoms with Crippen LogP contribution >= 0.6 is 23.4 Å². The van der Waals surface area contributed by atoms with Gasteiger partial charge in [0.15, 0.2) is 11.6 Å². The van der Waals surface area contributed by atoms with E-state index in [0.29, 0.717) is 15.5 Å². The van der Waals surface area contributed by atoms with Crippen molar-refractivity contribution in [3.63, 3.8) is 0 Å². The summed E-state index contributed by atoms with van der Waals surface area (Å²) in [6.07, 6.45) is 0. The van der Waals surface area contributed by atoms with Gasteiger partial charge in [0.25, 0.3) is 0 Å². The van der Waals surface area contributed by atoms with E-state index in [0.717, 1.165) is 4.90 Å². The fourth-order valence-corrected chi connectivity index (χ4v) is 4.40. The van der Waals surface area contributed by atoms with Crippen LogP contribution in [0.25, 0.3) is 0 Å². The summed E-state index contributed by atoms with van der Waals surface area (Å²) < 4.78 is 4.82. The third-order valence-corrected chi connectivity index (χ3v) is 5.95. The van der Waals surface area contributed by atoms with Crippen molar-refractivity contribution < 1.29 is 19.1 Å². The van der Waals surface area contributed by atoms with Gasteiger partial charge in [-0.3, -0.25) is 9.59 Å². The molecule has 0 heterocycles. The quantitative estimate of drug-likeness (QED) is 0.381. The van der Waals surface area contributed by atoms with Crippen LogP contribution in [0.4, 0.5) is 5.69 Å². The maximum absolute atomic E-state index is 13.3. The van der Waals surface area contributed by atoms with Gasteiger partial charge in [-0.15, -0.1) is 0 Å². The van der Waals surface area contributed by atoms with Crippen LogP contribution in [0.1, 0.15) is 42.2 Å². The zero-order valence-corrected chi connectivity index (χ0v) is 16.8. The first kappa shape index (κ1) is 19.2. The van der Waals surface area contributed by atoms with E-state index in [1.165, 1.54) is 24.9 Å². The Morgan fingerprint density at radius 3 is 2.14 bits per heavy atom. The molecule has 0 amide bonds. The lowest BCUT2D eigenvalue weighted by Crippen LogP contribution is -2.25. The van der Waals surface area contributed by atoms with Crippen molar-refractivity contribution in [1.29, 1.82) is 0 Å². The summed E-state index contributed by atoms with van der Waals surface area (Å²) in [6, 6.07) is 15.1. The van der Waals surface area contributed by atoms with Crippen molar-refractivity contribution in [3.05, 3.63) is 87.4 Å². The first-order valence-electron chi connectivity index (χ1n) is 8.59. The number of esters is 1. The number of rotatable bonds is 3. The van der Waals surface area contributed by atoms with E-state index in [-0.39, 0.29) is 33.7 Å². The van der Waals surface area contributed by atoms with E-state index in [1.54, 1.807) is 48.5 Å². The number of methoxy groups -OCH3 is 1. The number of ether oxygens (including phenoxy) is 1. The minimum Gasteiger partial charge on any atom is -0.465 e. The van der Waals surface area contributed by atoms with E-state index < -0.39 is 11.8 Å². The van der Waals surface area contributed by atoms with Crippen molar-refractivity contribution in [2.24, 2.45) is 0 Å². The summed E-state index contributed by atoms with van der Waals surface area (Å²) in [5.74, 6) is -1.38. The summed E-state index contributed by atoms with van der Waals surface area (Å²) in [4.78, 5) is 40.0. The molecule has 1 aliphatic carbocycles. The van der Waals surface area contributed by atoms with Crippen LogP contribution < -0.4 is 5.73 Å². The summed E-state index contributed by atoms with van der Waals surface area (Å²) in [5, 5.41) is 0.573. The lowest BCUT2D eigenvalue weighted by Gasteiger charge is -2.23. The molecule has 5 nitrogen and oxygen atoms in total. The molecule has 2 N–H and O–H groups in total. The molecule has 0 aliphatic heterocycles. The Labute approximate surface area is 175 Å². The highest BCUT2D eigenvalue weighted by Gasteiger charge is 2.35. The predicted molar refractivity (Wildman–Crippen MR) is 111 cm³/mol. The Hall–Kier alpha value is -3.09. The van der Waals surface area contributed by atoms with Gasteiger partial charge >= 0.3 is 5.97 Å². The summed E-state index contributed by atoms with van der Waals surface area (Å²) >= 11 is 7.20. The van der Waals surface area contributed by atoms with E-state index in [2.05, 4.69) is 0 Å². The normalized spacial score (nSPS) is 12.3. The van der Waals surface area contributed by atoms with Gasteiger partial charge in [-0.1, -0.05) is 47.6 Å². The summed E-state index contributed by atoms with van der Waals surface area (Å²) in [6.45, 7) is 0. The molecule has 0 bridgehead atoms. The largest absolute Gasteiger partial charge is 0.465 e. The van der Waals surface area contributed by atoms with Crippen molar-refractivity contribution >= 4 is 46.6 Å². The minimum atomic E-state index is -0.678. The summed E-state index contributed by atoms with van der Waals surface area (Å²) in [7, 11) is 1.23. The Morgan fingerprint density at radius 2 is 1.55 bits per heavy atom. The zero-order chi connectivity index (χ0) is 20.7. The first-order valence-corrected chi connectivity index (χ1v) is 9.78. The van der Waals surface area contributed by atoms with Crippen molar-refractivity contribution in [3.8, 4) is 0 Å². The standard InChI is InChI=1S/C22H14ClNO4S/c1-28-22(27)15-10-16(29-12-8-6-11(23)7-9-12)17-18(19(15)24)21(26)14-5-3-2-4-13(14)20(17)25/h2-10H,24H2,1H3. The van der Waals surface area contributed by atoms with Crippen molar-refractivity contribution in [2.45, 2.75) is 9.79 Å². The zero-order valence-electron chi connectivity index (χ0n) is 15.2. The number of anilines is 1. The van der Waals surface area contributed by atoms with Gasteiger partial charge in [0, 0.05) is 31.5 Å². The molecule has 144 valence electrons. The minimum absolute atomic E-state index is 0.0352. The molecular formula is C22H14ClNO4S. The van der Waals surface area contributed by atoms with Gasteiger partial charge in [0.05, 0.1) is 23.9 Å². The van der Waals surface area contributed by atoms with E-state index in [9.17, 15) is 14.4 Å². The molecule has 29 heavy (non-hydrogen) atoms. The molecule has 1 aliphatic rings. The second-order valence-corrected chi connectivity index (χ2v) is 7.89. The first-order chi connectivity index (χ1) is 13.9. The van der Waals surface area contributed by atoms with Gasteiger partial charge < -0.3 is 10.5 Å². The Balaban J connectivity index is 1.98. The van der Waals surface area contributed by atoms with Gasteiger partial charge in [-0.25, -0.2) is 4.79 Å². The van der Waals surface area contributed by atoms with E-state index >= 15 is 0 Å². The molecule has 3 aromatic rings. The summed E-state index contributed by atoms with van der Waals surface area (Å²) in [5.41, 5.74) is 6.97. The highest BCUT2D eigenvalue weighted by molar-refractivity contribution is 7.99. The van der Waals surface area contributed by atoms with Crippen LogP contribution in [0, 0.1) is 0 Å². The van der Waals surface area contributed by atoms with E-state index in [1.807, 2.05) is 0 Å². The van der Waals surface area contributed by atoms with Crippen molar-refractivity contribution in [2.75, 3.05) is 12.8 Å². The highest BCUT2D eigenvalue weighted by Crippen LogP contribution is 2.41. The van der Waals surface area contributed by atoms with E-state index in [4.69, 9.17) is 22.1 Å². The number of ketones is 2. The fourth-order valence-electron chi connectivity index (χ4n) is 3.27. The molecule has 7 heteroatoms. The molecule has 0 radical (unpaired) electrons. The van der Waals surface area contributed by atoms with Gasteiger partial charge in [0.2, 0.25) is 0 Å². The molecule has 0 atom stereocenters. The Kier molecular flexibility index (Phi) is 4.90. The highest BCUT2D eigenvalue weighted by atomic mass is 35.5. The molecule has 0 saturated carbocycles. The van der Waals surface area contributed by atoms with Crippen LogP contribution in [0.5, 0.6) is 0 Å². The van der Waals surface area contributed by atoms with Crippen LogP contribution in [0.2, 0.25) is 5.02 Å². The van der Waals surface area contributed by atoms with Gasteiger partial charge in [-0.05, 0) is 30.3 Å². The van der Waals surface area contributed by atoms with Gasteiger partial charge in [-0.2, -0.15) is 0 Å². The fraction of sp³-hybridized carbons (Fsp3) is 0.0455. The number of nitrogens with two attached hydrogens (primary N) is 1. The molecule has 0 aromatic heterocycles. The number of halogens is 1. The maximum Gasteiger partial charge on any atom is 0.340 e.